The molecule has 6 nitrogen and oxygen atoms in total. The van der Waals surface area contributed by atoms with Gasteiger partial charge in [0.1, 0.15) is 5.75 Å². The Labute approximate surface area is 78.6 Å². The average molecular weight is 197 g/mol. The third kappa shape index (κ3) is 1.63. The maximum Gasteiger partial charge on any atom is 0.311 e. The molecule has 0 aliphatic heterocycles. The molecule has 0 amide bonds. The van der Waals surface area contributed by atoms with Crippen LogP contribution in [-0.2, 0) is 0 Å². The summed E-state index contributed by atoms with van der Waals surface area (Å²) < 4.78 is 0. The van der Waals surface area contributed by atoms with Crippen molar-refractivity contribution in [3.05, 3.63) is 27.8 Å². The Hall–Kier alpha value is -2.11. The lowest BCUT2D eigenvalue weighted by molar-refractivity contribution is -0.385. The number of nitro benzene ring substituents is 1. The summed E-state index contributed by atoms with van der Waals surface area (Å²) in [5, 5.41) is 28.6. The molecule has 6 heteroatoms. The third-order valence-electron chi connectivity index (χ3n) is 1.67. The van der Waals surface area contributed by atoms with Gasteiger partial charge in [-0.15, -0.1) is 0 Å². The zero-order chi connectivity index (χ0) is 10.9. The van der Waals surface area contributed by atoms with Crippen LogP contribution in [0.15, 0.2) is 12.1 Å². The normalized spacial score (nSPS) is 9.79. The number of rotatable bonds is 2. The van der Waals surface area contributed by atoms with E-state index in [1.807, 2.05) is 0 Å². The summed E-state index contributed by atoms with van der Waals surface area (Å²) in [6.45, 7) is 1.16. The van der Waals surface area contributed by atoms with E-state index in [9.17, 15) is 14.9 Å². The van der Waals surface area contributed by atoms with Crippen molar-refractivity contribution in [3.8, 4) is 11.5 Å². The fraction of sp³-hybridized carbons (Fsp3) is 0.125. The average Bonchev–Trinajstić information content (AvgIpc) is 2.02. The molecule has 0 radical (unpaired) electrons. The summed E-state index contributed by atoms with van der Waals surface area (Å²) in [4.78, 5) is 20.4. The molecule has 0 aliphatic rings. The van der Waals surface area contributed by atoms with E-state index in [1.165, 1.54) is 0 Å². The van der Waals surface area contributed by atoms with Gasteiger partial charge >= 0.3 is 5.69 Å². The molecule has 0 saturated carbocycles. The number of aromatic hydroxyl groups is 2. The van der Waals surface area contributed by atoms with Gasteiger partial charge in [-0.25, -0.2) is 0 Å². The number of Topliss-reactive ketones (excluding diaryl/α,β-unsaturated/α-hetero) is 1. The highest BCUT2D eigenvalue weighted by molar-refractivity contribution is 5.97. The number of phenolic OH excluding ortho intramolecular Hbond substituents is 2. The Morgan fingerprint density at radius 2 is 1.93 bits per heavy atom. The number of nitrogens with zero attached hydrogens (tertiary/aromatic N) is 1. The molecule has 1 aromatic rings. The van der Waals surface area contributed by atoms with Crippen molar-refractivity contribution in [2.75, 3.05) is 0 Å². The smallest absolute Gasteiger partial charge is 0.311 e. The van der Waals surface area contributed by atoms with Crippen molar-refractivity contribution in [1.82, 2.24) is 0 Å². The van der Waals surface area contributed by atoms with Crippen molar-refractivity contribution in [1.29, 1.82) is 0 Å². The quantitative estimate of drug-likeness (QED) is 0.421. The second-order valence-corrected chi connectivity index (χ2v) is 2.67. The Morgan fingerprint density at radius 1 is 1.36 bits per heavy atom. The molecular formula is C8H7NO5. The van der Waals surface area contributed by atoms with Crippen LogP contribution in [0.25, 0.3) is 0 Å². The first-order chi connectivity index (χ1) is 6.43. The fourth-order valence-corrected chi connectivity index (χ4v) is 0.994. The second-order valence-electron chi connectivity index (χ2n) is 2.67. The number of phenols is 2. The van der Waals surface area contributed by atoms with E-state index < -0.39 is 27.9 Å². The first-order valence-corrected chi connectivity index (χ1v) is 3.64. The van der Waals surface area contributed by atoms with Crippen LogP contribution < -0.4 is 0 Å². The molecule has 0 fully saturated rings. The molecule has 0 aromatic heterocycles. The van der Waals surface area contributed by atoms with E-state index in [2.05, 4.69) is 0 Å². The van der Waals surface area contributed by atoms with Gasteiger partial charge in [-0.05, 0) is 6.92 Å². The number of ketones is 1. The van der Waals surface area contributed by atoms with E-state index in [-0.39, 0.29) is 5.56 Å². The fourth-order valence-electron chi connectivity index (χ4n) is 0.994. The predicted octanol–water partition coefficient (Wildman–Crippen LogP) is 1.21. The molecule has 0 spiro atoms. The standard InChI is InChI=1S/C8H7NO5/c1-4(10)5-2-6(9(13)14)8(12)3-7(5)11/h2-3,11-12H,1H3. The molecule has 74 valence electrons. The van der Waals surface area contributed by atoms with Crippen LogP contribution in [0.5, 0.6) is 11.5 Å². The molecular weight excluding hydrogens is 190 g/mol. The van der Waals surface area contributed by atoms with Crippen LogP contribution in [0, 0.1) is 10.1 Å². The van der Waals surface area contributed by atoms with Crippen LogP contribution in [0.2, 0.25) is 0 Å². The van der Waals surface area contributed by atoms with Crippen molar-refractivity contribution in [2.24, 2.45) is 0 Å². The molecule has 0 unspecified atom stereocenters. The monoisotopic (exact) mass is 197 g/mol. The lowest BCUT2D eigenvalue weighted by atomic mass is 10.1. The number of nitro groups is 1. The van der Waals surface area contributed by atoms with Crippen LogP contribution >= 0.6 is 0 Å². The molecule has 1 rings (SSSR count). The van der Waals surface area contributed by atoms with Crippen LogP contribution in [0.1, 0.15) is 17.3 Å². The minimum Gasteiger partial charge on any atom is -0.507 e. The SMILES string of the molecule is CC(=O)c1cc([N+](=O)[O-])c(O)cc1O. The molecule has 1 aromatic carbocycles. The molecule has 2 N–H and O–H groups in total. The summed E-state index contributed by atoms with van der Waals surface area (Å²) in [5.41, 5.74) is -0.789. The lowest BCUT2D eigenvalue weighted by Gasteiger charge is -2.01. The van der Waals surface area contributed by atoms with Crippen molar-refractivity contribution in [3.63, 3.8) is 0 Å². The van der Waals surface area contributed by atoms with Crippen molar-refractivity contribution >= 4 is 11.5 Å². The van der Waals surface area contributed by atoms with Gasteiger partial charge in [0.05, 0.1) is 10.5 Å². The van der Waals surface area contributed by atoms with Crippen LogP contribution in [-0.4, -0.2) is 20.9 Å². The molecule has 0 aliphatic carbocycles. The Morgan fingerprint density at radius 3 is 2.36 bits per heavy atom. The number of benzene rings is 1. The van der Waals surface area contributed by atoms with Gasteiger partial charge in [-0.3, -0.25) is 14.9 Å². The lowest BCUT2D eigenvalue weighted by Crippen LogP contribution is -1.96. The highest BCUT2D eigenvalue weighted by Gasteiger charge is 2.19. The summed E-state index contributed by atoms with van der Waals surface area (Å²) in [6, 6.07) is 1.61. The van der Waals surface area contributed by atoms with Gasteiger partial charge in [-0.2, -0.15) is 0 Å². The number of carbonyl (C=O) groups excluding carboxylic acids is 1. The number of hydrogen-bond acceptors (Lipinski definition) is 5. The topological polar surface area (TPSA) is 101 Å². The zero-order valence-corrected chi connectivity index (χ0v) is 7.22. The zero-order valence-electron chi connectivity index (χ0n) is 7.22. The maximum absolute atomic E-state index is 10.9. The summed E-state index contributed by atoms with van der Waals surface area (Å²) in [5.74, 6) is -1.65. The molecule has 14 heavy (non-hydrogen) atoms. The second kappa shape index (κ2) is 3.33. The first-order valence-electron chi connectivity index (χ1n) is 3.64. The predicted molar refractivity (Wildman–Crippen MR) is 46.4 cm³/mol. The molecule has 0 bridgehead atoms. The molecule has 0 saturated heterocycles. The van der Waals surface area contributed by atoms with Crippen LogP contribution in [0.4, 0.5) is 5.69 Å². The highest BCUT2D eigenvalue weighted by atomic mass is 16.6. The van der Waals surface area contributed by atoms with E-state index in [0.717, 1.165) is 19.1 Å². The van der Waals surface area contributed by atoms with Gasteiger partial charge in [0, 0.05) is 12.1 Å². The largest absolute Gasteiger partial charge is 0.507 e. The summed E-state index contributed by atoms with van der Waals surface area (Å²) in [7, 11) is 0. The minimum absolute atomic E-state index is 0.186. The van der Waals surface area contributed by atoms with Crippen molar-refractivity contribution < 1.29 is 19.9 Å². The van der Waals surface area contributed by atoms with Gasteiger partial charge in [0.25, 0.3) is 0 Å². The third-order valence-corrected chi connectivity index (χ3v) is 1.67. The molecule has 0 atom stereocenters. The Bertz CT molecular complexity index is 377. The Kier molecular flexibility index (Phi) is 2.37. The Balaban J connectivity index is 3.42. The van der Waals surface area contributed by atoms with Gasteiger partial charge in [-0.1, -0.05) is 0 Å². The van der Waals surface area contributed by atoms with Gasteiger partial charge < -0.3 is 10.2 Å². The van der Waals surface area contributed by atoms with E-state index in [0.29, 0.717) is 0 Å². The first kappa shape index (κ1) is 9.97. The van der Waals surface area contributed by atoms with Crippen molar-refractivity contribution in [2.45, 2.75) is 6.92 Å². The maximum atomic E-state index is 10.9. The number of hydrogen-bond donors (Lipinski definition) is 2. The summed E-state index contributed by atoms with van der Waals surface area (Å²) >= 11 is 0. The van der Waals surface area contributed by atoms with E-state index >= 15 is 0 Å². The summed E-state index contributed by atoms with van der Waals surface area (Å²) in [6.07, 6.45) is 0. The highest BCUT2D eigenvalue weighted by Crippen LogP contribution is 2.32. The minimum atomic E-state index is -0.832. The van der Waals surface area contributed by atoms with Gasteiger partial charge in [0.2, 0.25) is 0 Å². The van der Waals surface area contributed by atoms with Crippen LogP contribution in [0.3, 0.4) is 0 Å². The van der Waals surface area contributed by atoms with E-state index in [1.54, 1.807) is 0 Å². The van der Waals surface area contributed by atoms with Gasteiger partial charge in [0.15, 0.2) is 11.5 Å². The van der Waals surface area contributed by atoms with E-state index in [4.69, 9.17) is 10.2 Å². The molecule has 0 heterocycles. The number of carbonyl (C=O) groups is 1.